The van der Waals surface area contributed by atoms with Crippen molar-refractivity contribution in [3.8, 4) is 45.4 Å². The fourth-order valence-corrected chi connectivity index (χ4v) is 18.3. The van der Waals surface area contributed by atoms with Crippen LogP contribution in [0, 0.1) is 0 Å². The van der Waals surface area contributed by atoms with Gasteiger partial charge in [0.15, 0.2) is 5.82 Å². The van der Waals surface area contributed by atoms with Gasteiger partial charge in [0.1, 0.15) is 5.69 Å². The van der Waals surface area contributed by atoms with Gasteiger partial charge in [-0.1, -0.05) is 273 Å². The summed E-state index contributed by atoms with van der Waals surface area (Å²) < 4.78 is 4.77. The second-order valence-electron chi connectivity index (χ2n) is 28.7. The van der Waals surface area contributed by atoms with Gasteiger partial charge in [-0.15, -0.1) is 0 Å². The van der Waals surface area contributed by atoms with E-state index in [0.717, 1.165) is 159 Å². The van der Waals surface area contributed by atoms with E-state index in [1.54, 1.807) is 0 Å². The molecule has 0 aliphatic heterocycles. The van der Waals surface area contributed by atoms with Crippen molar-refractivity contribution in [2.45, 2.75) is 0 Å². The number of hydrogen-bond donors (Lipinski definition) is 0. The largest absolute Gasteiger partial charge is 0.292 e. The van der Waals surface area contributed by atoms with Crippen molar-refractivity contribution >= 4 is 195 Å². The highest BCUT2D eigenvalue weighted by atomic mass is 15.2. The molecule has 0 amide bonds. The van der Waals surface area contributed by atoms with E-state index in [1.807, 2.05) is 0 Å². The molecule has 24 rings (SSSR count). The fraction of sp³-hybridized carbons (Fsp3) is 0. The van der Waals surface area contributed by atoms with Crippen LogP contribution in [0.2, 0.25) is 0 Å². The first-order valence-electron chi connectivity index (χ1n) is 36.4. The van der Waals surface area contributed by atoms with Crippen molar-refractivity contribution in [1.82, 2.24) is 29.1 Å². The molecule has 0 bridgehead atoms. The summed E-state index contributed by atoms with van der Waals surface area (Å²) >= 11 is 0. The van der Waals surface area contributed by atoms with E-state index < -0.39 is 0 Å². The Bertz CT molecular complexity index is 8070. The molecule has 0 N–H and O–H groups in total. The van der Waals surface area contributed by atoms with Crippen molar-refractivity contribution in [2.75, 3.05) is 0 Å². The molecule has 0 atom stereocenters. The van der Waals surface area contributed by atoms with Gasteiger partial charge in [0.2, 0.25) is 5.95 Å². The van der Waals surface area contributed by atoms with Gasteiger partial charge in [0, 0.05) is 65.2 Å². The molecule has 24 aromatic rings. The SMILES string of the molecule is c1ccc2cc(-c3nc4c(-c5ccc6c(c5)c5ccccc5c5ccc7c(c8cc9ccccc9cc8n7-c7nc(-c8ccc9ccccc9c8)c8ccc9ccccc9c8n7)c56)cc5ccccc5c4nc3-n3c4cc5ccccc5cc4c4c5c6ccccc6c6ccccc6c5ccc43)ccc2c1. The van der Waals surface area contributed by atoms with Crippen LogP contribution in [-0.4, -0.2) is 29.1 Å². The molecule has 0 radical (unpaired) electrons. The highest BCUT2D eigenvalue weighted by Crippen LogP contribution is 2.50. The summed E-state index contributed by atoms with van der Waals surface area (Å²) in [4.78, 5) is 23.8. The Morgan fingerprint density at radius 2 is 0.575 bits per heavy atom. The van der Waals surface area contributed by atoms with Crippen LogP contribution in [0.5, 0.6) is 0 Å². The number of hydrogen-bond acceptors (Lipinski definition) is 4. The maximum atomic E-state index is 6.18. The Labute approximate surface area is 605 Å². The molecule has 20 aromatic carbocycles. The van der Waals surface area contributed by atoms with Gasteiger partial charge in [0.05, 0.1) is 44.3 Å². The monoisotopic (exact) mass is 1340 g/mol. The first kappa shape index (κ1) is 57.4. The number of benzene rings is 20. The van der Waals surface area contributed by atoms with Gasteiger partial charge < -0.3 is 0 Å². The fourth-order valence-electron chi connectivity index (χ4n) is 18.3. The van der Waals surface area contributed by atoms with Gasteiger partial charge in [-0.25, -0.2) is 19.9 Å². The number of nitrogens with zero attached hydrogens (tertiary/aromatic N) is 6. The first-order valence-corrected chi connectivity index (χ1v) is 36.4. The van der Waals surface area contributed by atoms with Gasteiger partial charge in [-0.05, 0) is 180 Å². The highest BCUT2D eigenvalue weighted by molar-refractivity contribution is 6.38. The summed E-state index contributed by atoms with van der Waals surface area (Å²) in [6, 6.07) is 125. The van der Waals surface area contributed by atoms with E-state index in [9.17, 15) is 0 Å². The predicted octanol–water partition coefficient (Wildman–Crippen LogP) is 26.6. The van der Waals surface area contributed by atoms with E-state index in [0.29, 0.717) is 5.95 Å². The molecule has 4 aromatic heterocycles. The highest BCUT2D eigenvalue weighted by Gasteiger charge is 2.28. The summed E-state index contributed by atoms with van der Waals surface area (Å²) in [5.41, 5.74) is 12.5. The summed E-state index contributed by atoms with van der Waals surface area (Å²) in [5, 5.41) is 33.7. The molecule has 0 saturated heterocycles. The molecular weight excluding hydrogens is 1290 g/mol. The van der Waals surface area contributed by atoms with Crippen LogP contribution in [0.25, 0.3) is 240 Å². The van der Waals surface area contributed by atoms with Gasteiger partial charge in [-0.2, -0.15) is 0 Å². The Morgan fingerprint density at radius 3 is 1.16 bits per heavy atom. The maximum Gasteiger partial charge on any atom is 0.235 e. The Hall–Kier alpha value is -14.2. The van der Waals surface area contributed by atoms with Crippen LogP contribution < -0.4 is 0 Å². The molecule has 6 heteroatoms. The minimum Gasteiger partial charge on any atom is -0.292 e. The molecule has 486 valence electrons. The van der Waals surface area contributed by atoms with Crippen molar-refractivity contribution in [2.24, 2.45) is 0 Å². The number of rotatable bonds is 5. The molecule has 0 spiro atoms. The number of fused-ring (bicyclic) bond motifs is 30. The van der Waals surface area contributed by atoms with E-state index in [4.69, 9.17) is 19.9 Å². The van der Waals surface area contributed by atoms with Crippen molar-refractivity contribution in [3.63, 3.8) is 0 Å². The van der Waals surface area contributed by atoms with Crippen LogP contribution >= 0.6 is 0 Å². The van der Waals surface area contributed by atoms with E-state index >= 15 is 0 Å². The zero-order valence-electron chi connectivity index (χ0n) is 57.0. The molecule has 0 saturated carbocycles. The lowest BCUT2D eigenvalue weighted by atomic mass is 9.89. The van der Waals surface area contributed by atoms with Crippen LogP contribution in [0.3, 0.4) is 0 Å². The Morgan fingerprint density at radius 1 is 0.179 bits per heavy atom. The minimum atomic E-state index is 0.618. The molecule has 106 heavy (non-hydrogen) atoms. The average molecular weight is 1340 g/mol. The lowest BCUT2D eigenvalue weighted by Gasteiger charge is -2.18. The molecule has 0 fully saturated rings. The minimum absolute atomic E-state index is 0.618. The van der Waals surface area contributed by atoms with Crippen LogP contribution in [0.15, 0.2) is 340 Å². The molecule has 4 heterocycles. The third-order valence-electron chi connectivity index (χ3n) is 23.1. The van der Waals surface area contributed by atoms with Crippen LogP contribution in [0.1, 0.15) is 0 Å². The van der Waals surface area contributed by atoms with Gasteiger partial charge in [0.25, 0.3) is 0 Å². The zero-order chi connectivity index (χ0) is 69.0. The summed E-state index contributed by atoms with van der Waals surface area (Å²) in [5.74, 6) is 1.39. The van der Waals surface area contributed by atoms with Crippen molar-refractivity contribution < 1.29 is 0 Å². The second-order valence-corrected chi connectivity index (χ2v) is 28.7. The van der Waals surface area contributed by atoms with Crippen molar-refractivity contribution in [1.29, 1.82) is 0 Å². The smallest absolute Gasteiger partial charge is 0.235 e. The van der Waals surface area contributed by atoms with Crippen LogP contribution in [0.4, 0.5) is 0 Å². The summed E-state index contributed by atoms with van der Waals surface area (Å²) in [6.45, 7) is 0. The molecule has 0 unspecified atom stereocenters. The second kappa shape index (κ2) is 21.7. The number of aromatic nitrogens is 6. The molecular formula is C100H56N6. The molecule has 0 aliphatic rings. The zero-order valence-corrected chi connectivity index (χ0v) is 57.0. The first-order chi connectivity index (χ1) is 52.5. The maximum absolute atomic E-state index is 6.18. The lowest BCUT2D eigenvalue weighted by molar-refractivity contribution is 1.02. The molecule has 6 nitrogen and oxygen atoms in total. The van der Waals surface area contributed by atoms with E-state index in [-0.39, 0.29) is 0 Å². The van der Waals surface area contributed by atoms with Crippen LogP contribution in [-0.2, 0) is 0 Å². The lowest BCUT2D eigenvalue weighted by Crippen LogP contribution is -2.05. The third kappa shape index (κ3) is 8.15. The van der Waals surface area contributed by atoms with Gasteiger partial charge in [-0.3, -0.25) is 9.13 Å². The Kier molecular flexibility index (Phi) is 11.7. The predicted molar refractivity (Wildman–Crippen MR) is 448 cm³/mol. The van der Waals surface area contributed by atoms with E-state index in [2.05, 4.69) is 349 Å². The Balaban J connectivity index is 0.792. The van der Waals surface area contributed by atoms with E-state index in [1.165, 1.54) is 75.4 Å². The third-order valence-corrected chi connectivity index (χ3v) is 23.1. The summed E-state index contributed by atoms with van der Waals surface area (Å²) in [6.07, 6.45) is 0. The summed E-state index contributed by atoms with van der Waals surface area (Å²) in [7, 11) is 0. The van der Waals surface area contributed by atoms with Crippen molar-refractivity contribution in [3.05, 3.63) is 340 Å². The normalized spacial score (nSPS) is 12.3. The average Bonchev–Trinajstić information content (AvgIpc) is 1.53. The standard InChI is InChI=1S/C100H56N6/c1-3-22-60-49-68(39-37-57(60)19-1)94-81-44-41-59-21-9-11-29-70(59)96(81)104-100(103-94)106-87-48-46-79-75-34-15-16-35-76(75)83-54-67(42-43-80(83)91(79)93(87)85-52-63-25-6-8-27-65(63)56-89(85)106)82-53-66-28-10-12-30-71(66)97-98(82)101-95(69-40-38-58-20-2-4-23-61(58)50-69)99(102-97)105-86-47-45-78-74-33-14-13-31-72(74)73-32-17-18-36-77(73)90(78)92(86)84-51-62-24-5-7-26-64(62)55-88(84)105/h1-56H. The van der Waals surface area contributed by atoms with Gasteiger partial charge >= 0.3 is 0 Å². The quantitative estimate of drug-likeness (QED) is 0.161. The topological polar surface area (TPSA) is 61.4 Å². The molecule has 0 aliphatic carbocycles.